The molecule has 0 spiro atoms. The van der Waals surface area contributed by atoms with Crippen LogP contribution in [0.3, 0.4) is 0 Å². The summed E-state index contributed by atoms with van der Waals surface area (Å²) in [5.74, 6) is 6.63. The highest BCUT2D eigenvalue weighted by Crippen LogP contribution is 2.63. The number of rotatable bonds is 7. The van der Waals surface area contributed by atoms with E-state index >= 15 is 0 Å². The lowest BCUT2D eigenvalue weighted by Crippen LogP contribution is -2.43. The first-order chi connectivity index (χ1) is 20.7. The molecule has 4 fully saturated rings. The second-order valence-electron chi connectivity index (χ2n) is 12.1. The lowest BCUT2D eigenvalue weighted by atomic mass is 9.50. The van der Waals surface area contributed by atoms with Crippen molar-refractivity contribution in [3.8, 4) is 34.5 Å². The van der Waals surface area contributed by atoms with Crippen molar-refractivity contribution in [3.63, 3.8) is 0 Å². The van der Waals surface area contributed by atoms with E-state index < -0.39 is 0 Å². The van der Waals surface area contributed by atoms with E-state index in [1.165, 1.54) is 32.1 Å². The third-order valence-electron chi connectivity index (χ3n) is 9.22. The van der Waals surface area contributed by atoms with Crippen molar-refractivity contribution in [2.24, 2.45) is 23.7 Å². The number of anilines is 3. The van der Waals surface area contributed by atoms with E-state index in [-0.39, 0.29) is 5.92 Å². The molecule has 4 bridgehead atoms. The maximum Gasteiger partial charge on any atom is 0.150 e. The molecule has 4 aromatic rings. The lowest BCUT2D eigenvalue weighted by Gasteiger charge is -2.54. The summed E-state index contributed by atoms with van der Waals surface area (Å²) in [6, 6.07) is 20.8. The fourth-order valence-corrected chi connectivity index (χ4v) is 8.87. The predicted octanol–water partition coefficient (Wildman–Crippen LogP) is 10.6. The van der Waals surface area contributed by atoms with Gasteiger partial charge in [0, 0.05) is 31.1 Å². The normalized spacial score (nSPS) is 23.7. The first-order valence-electron chi connectivity index (χ1n) is 14.6. The number of hydrogen-bond donors (Lipinski definition) is 3. The zero-order valence-corrected chi connectivity index (χ0v) is 28.1. The Morgan fingerprint density at radius 1 is 0.488 bits per heavy atom. The molecule has 0 amide bonds. The molecule has 6 nitrogen and oxygen atoms in total. The fourth-order valence-electron chi connectivity index (χ4n) is 7.73. The Bertz CT molecular complexity index is 1610. The van der Waals surface area contributed by atoms with Gasteiger partial charge in [-0.25, -0.2) is 0 Å². The van der Waals surface area contributed by atoms with E-state index in [0.29, 0.717) is 63.4 Å². The van der Waals surface area contributed by atoms with Gasteiger partial charge in [0.15, 0.2) is 0 Å². The van der Waals surface area contributed by atoms with Crippen LogP contribution in [0.1, 0.15) is 43.6 Å². The number of ether oxygens (including phenoxy) is 3. The fraction of sp³-hybridized carbons (Fsp3) is 0.294. The number of benzene rings is 4. The molecule has 4 aliphatic rings. The Kier molecular flexibility index (Phi) is 7.76. The number of nitrogens with two attached hydrogens (primary N) is 3. The van der Waals surface area contributed by atoms with Crippen molar-refractivity contribution in [3.05, 3.63) is 85.7 Å². The van der Waals surface area contributed by atoms with Crippen LogP contribution in [0.15, 0.2) is 80.1 Å². The van der Waals surface area contributed by atoms with Gasteiger partial charge in [0.05, 0.1) is 17.1 Å². The first-order valence-corrected chi connectivity index (χ1v) is 16.9. The minimum atomic E-state index is 0.290. The molecule has 0 radical (unpaired) electrons. The Labute approximate surface area is 276 Å². The second kappa shape index (κ2) is 11.6. The summed E-state index contributed by atoms with van der Waals surface area (Å²) in [4.78, 5) is 0. The van der Waals surface area contributed by atoms with Crippen LogP contribution in [-0.2, 0) is 0 Å². The van der Waals surface area contributed by atoms with E-state index in [0.717, 1.165) is 30.8 Å². The van der Waals surface area contributed by atoms with Gasteiger partial charge in [0.1, 0.15) is 34.5 Å². The standard InChI is InChI=1S/C34H32Br3N3O3/c35-21-1-4-28(25(38)12-21)41-24-15-31(42-29-5-2-22(36)13-26(29)39)34(32(16-24)43-30-6-3-23(37)14-27(30)40)33-19-8-17-7-18(10-19)11-20(33)9-17/h1-6,12-20,33H,7-11,38-40H2. The predicted molar refractivity (Wildman–Crippen MR) is 182 cm³/mol. The van der Waals surface area contributed by atoms with Gasteiger partial charge in [-0.2, -0.15) is 0 Å². The molecule has 4 aromatic carbocycles. The second-order valence-corrected chi connectivity index (χ2v) is 14.9. The third kappa shape index (κ3) is 5.83. The Balaban J connectivity index is 1.40. The van der Waals surface area contributed by atoms with Gasteiger partial charge < -0.3 is 31.4 Å². The molecular weight excluding hydrogens is 738 g/mol. The maximum absolute atomic E-state index is 6.72. The summed E-state index contributed by atoms with van der Waals surface area (Å²) in [7, 11) is 0. The van der Waals surface area contributed by atoms with E-state index in [4.69, 9.17) is 31.4 Å². The molecule has 4 saturated carbocycles. The minimum Gasteiger partial charge on any atom is -0.455 e. The van der Waals surface area contributed by atoms with Crippen LogP contribution in [0.2, 0.25) is 0 Å². The highest BCUT2D eigenvalue weighted by Gasteiger charge is 2.50. The van der Waals surface area contributed by atoms with Crippen LogP contribution in [-0.4, -0.2) is 0 Å². The van der Waals surface area contributed by atoms with E-state index in [9.17, 15) is 0 Å². The molecule has 0 unspecified atom stereocenters. The van der Waals surface area contributed by atoms with Crippen molar-refractivity contribution in [2.45, 2.75) is 38.0 Å². The van der Waals surface area contributed by atoms with Crippen LogP contribution in [0.5, 0.6) is 34.5 Å². The van der Waals surface area contributed by atoms with Crippen LogP contribution < -0.4 is 31.4 Å². The Hall–Kier alpha value is -2.88. The van der Waals surface area contributed by atoms with Crippen LogP contribution in [0.4, 0.5) is 17.1 Å². The number of nitrogen functional groups attached to an aromatic ring is 3. The van der Waals surface area contributed by atoms with Crippen molar-refractivity contribution in [1.82, 2.24) is 0 Å². The first kappa shape index (κ1) is 28.9. The highest BCUT2D eigenvalue weighted by atomic mass is 79.9. The average Bonchev–Trinajstić information content (AvgIpc) is 2.94. The summed E-state index contributed by atoms with van der Waals surface area (Å²) < 4.78 is 22.5. The van der Waals surface area contributed by atoms with E-state index in [1.807, 2.05) is 66.7 Å². The van der Waals surface area contributed by atoms with Gasteiger partial charge in [-0.1, -0.05) is 47.8 Å². The molecular formula is C34H32Br3N3O3. The molecule has 0 atom stereocenters. The monoisotopic (exact) mass is 767 g/mol. The summed E-state index contributed by atoms with van der Waals surface area (Å²) in [5, 5.41) is 0. The molecule has 0 aromatic heterocycles. The van der Waals surface area contributed by atoms with Gasteiger partial charge in [0.2, 0.25) is 0 Å². The molecule has 8 rings (SSSR count). The molecule has 0 aliphatic heterocycles. The van der Waals surface area contributed by atoms with Crippen molar-refractivity contribution in [1.29, 1.82) is 0 Å². The van der Waals surface area contributed by atoms with Gasteiger partial charge in [-0.15, -0.1) is 0 Å². The van der Waals surface area contributed by atoms with Gasteiger partial charge in [-0.05, 0) is 116 Å². The molecule has 9 heteroatoms. The molecule has 0 heterocycles. The Morgan fingerprint density at radius 3 is 1.28 bits per heavy atom. The van der Waals surface area contributed by atoms with Crippen molar-refractivity contribution >= 4 is 64.9 Å². The summed E-state index contributed by atoms with van der Waals surface area (Å²) in [5.41, 5.74) is 21.9. The number of hydrogen-bond acceptors (Lipinski definition) is 6. The lowest BCUT2D eigenvalue weighted by molar-refractivity contribution is -0.00396. The highest BCUT2D eigenvalue weighted by molar-refractivity contribution is 9.11. The average molecular weight is 770 g/mol. The third-order valence-corrected chi connectivity index (χ3v) is 10.7. The van der Waals surface area contributed by atoms with Gasteiger partial charge in [-0.3, -0.25) is 0 Å². The summed E-state index contributed by atoms with van der Waals surface area (Å²) >= 11 is 10.5. The Morgan fingerprint density at radius 2 is 0.884 bits per heavy atom. The van der Waals surface area contributed by atoms with Crippen molar-refractivity contribution < 1.29 is 14.2 Å². The van der Waals surface area contributed by atoms with Crippen molar-refractivity contribution in [2.75, 3.05) is 17.2 Å². The van der Waals surface area contributed by atoms with E-state index in [2.05, 4.69) is 47.8 Å². The number of halogens is 3. The summed E-state index contributed by atoms with van der Waals surface area (Å²) in [6.07, 6.45) is 6.34. The van der Waals surface area contributed by atoms with E-state index in [1.54, 1.807) is 0 Å². The quantitative estimate of drug-likeness (QED) is 0.162. The smallest absolute Gasteiger partial charge is 0.150 e. The minimum absolute atomic E-state index is 0.290. The largest absolute Gasteiger partial charge is 0.455 e. The maximum atomic E-state index is 6.72. The molecule has 6 N–H and O–H groups in total. The van der Waals surface area contributed by atoms with Crippen LogP contribution in [0.25, 0.3) is 0 Å². The summed E-state index contributed by atoms with van der Waals surface area (Å²) in [6.45, 7) is 0. The van der Waals surface area contributed by atoms with Gasteiger partial charge in [0.25, 0.3) is 0 Å². The van der Waals surface area contributed by atoms with Crippen LogP contribution >= 0.6 is 47.8 Å². The van der Waals surface area contributed by atoms with Gasteiger partial charge >= 0.3 is 0 Å². The molecule has 0 saturated heterocycles. The molecule has 43 heavy (non-hydrogen) atoms. The topological polar surface area (TPSA) is 106 Å². The SMILES string of the molecule is Nc1cc(Br)ccc1Oc1cc(Oc2ccc(Br)cc2N)c(C2C3CC4CC(C3)CC2C4)c(Oc2ccc(Br)cc2N)c1. The zero-order chi connectivity index (χ0) is 29.8. The zero-order valence-electron chi connectivity index (χ0n) is 23.4. The molecule has 4 aliphatic carbocycles. The van der Waals surface area contributed by atoms with Crippen LogP contribution in [0, 0.1) is 23.7 Å². The molecule has 222 valence electrons.